The average Bonchev–Trinajstić information content (AvgIpc) is 2.51. The first-order valence-corrected chi connectivity index (χ1v) is 9.88. The molecule has 0 heterocycles. The number of hydrogen-bond donors (Lipinski definition) is 0. The molecule has 0 radical (unpaired) electrons. The van der Waals surface area contributed by atoms with E-state index in [4.69, 9.17) is 31.6 Å². The summed E-state index contributed by atoms with van der Waals surface area (Å²) in [5, 5.41) is 51.5. The Hall–Kier alpha value is 4.20. The molecular weight excluding hydrogens is 565 g/mol. The van der Waals surface area contributed by atoms with Crippen LogP contribution in [0, 0.1) is 61.4 Å². The second kappa shape index (κ2) is 22.4. The Morgan fingerprint density at radius 3 is 0.700 bits per heavy atom. The monoisotopic (exact) mass is 566 g/mol. The van der Waals surface area contributed by atoms with Crippen LogP contribution in [-0.4, -0.2) is 55.5 Å². The third-order valence-electron chi connectivity index (χ3n) is 1.38. The van der Waals surface area contributed by atoms with Crippen LogP contribution in [0.2, 0.25) is 0 Å². The maximum absolute atomic E-state index is 9.37. The van der Waals surface area contributed by atoms with Gasteiger partial charge >= 0.3 is 279 Å². The zero-order valence-electron chi connectivity index (χ0n) is 16.1. The SMILES string of the molecule is N#[C][Fe-4]([C]#N)([C]#N)([C]#N)([C]#N)[C]#N.O=S(=O)([O-])OOS(=O)(=O)[O-].[Na+].[Na+].[Na+].[Na+].[Na+].[Na+].[NaH]. The summed E-state index contributed by atoms with van der Waals surface area (Å²) in [6.07, 6.45) is 0. The van der Waals surface area contributed by atoms with E-state index in [2.05, 4.69) is 8.67 Å². The van der Waals surface area contributed by atoms with Crippen LogP contribution in [0.5, 0.6) is 0 Å². The molecule has 0 aliphatic heterocycles. The molecule has 0 aliphatic carbocycles. The summed E-state index contributed by atoms with van der Waals surface area (Å²) in [7, 11) is -16.8. The quantitative estimate of drug-likeness (QED) is 0.101. The third-order valence-corrected chi connectivity index (χ3v) is 5.64. The molecule has 0 aromatic rings. The van der Waals surface area contributed by atoms with Gasteiger partial charge in [0.05, 0.1) is 0 Å². The zero-order chi connectivity index (χ0) is 19.1. The molecule has 0 rings (SSSR count). The second-order valence-electron chi connectivity index (χ2n) is 2.75. The van der Waals surface area contributed by atoms with Crippen LogP contribution in [0.25, 0.3) is 0 Å². The molecular formula is C6HFeN6Na7O8S2. The summed E-state index contributed by atoms with van der Waals surface area (Å²) < 4.78 is 61.5. The molecule has 0 aromatic carbocycles. The molecule has 0 unspecified atom stereocenters. The van der Waals surface area contributed by atoms with Crippen molar-refractivity contribution in [2.75, 3.05) is 0 Å². The van der Waals surface area contributed by atoms with Crippen molar-refractivity contribution in [1.29, 1.82) is 31.6 Å². The van der Waals surface area contributed by atoms with E-state index >= 15 is 0 Å². The van der Waals surface area contributed by atoms with E-state index < -0.39 is 31.5 Å². The van der Waals surface area contributed by atoms with Crippen LogP contribution >= 0.6 is 0 Å². The van der Waals surface area contributed by atoms with Crippen molar-refractivity contribution in [3.63, 3.8) is 0 Å². The van der Waals surface area contributed by atoms with Gasteiger partial charge in [-0.25, -0.2) is 16.8 Å². The number of nitrogens with zero attached hydrogens (tertiary/aromatic N) is 6. The Labute approximate surface area is 326 Å². The summed E-state index contributed by atoms with van der Waals surface area (Å²) in [6.45, 7) is 0. The van der Waals surface area contributed by atoms with E-state index in [0.29, 0.717) is 0 Å². The zero-order valence-corrected chi connectivity index (χ0v) is 30.9. The Bertz CT molecular complexity index is 836. The third kappa shape index (κ3) is 18.5. The molecule has 0 spiro atoms. The fourth-order valence-electron chi connectivity index (χ4n) is 0.333. The summed E-state index contributed by atoms with van der Waals surface area (Å²) in [5.41, 5.74) is 0. The molecule has 0 fully saturated rings. The topological polar surface area (TPSA) is 276 Å². The molecule has 0 atom stereocenters. The van der Waals surface area contributed by atoms with Crippen LogP contribution in [0.4, 0.5) is 0 Å². The van der Waals surface area contributed by atoms with Crippen LogP contribution in [0.3, 0.4) is 0 Å². The number of nitriles is 6. The van der Waals surface area contributed by atoms with Gasteiger partial charge in [-0.05, 0) is 0 Å². The van der Waals surface area contributed by atoms with Gasteiger partial charge in [0.1, 0.15) is 0 Å². The van der Waals surface area contributed by atoms with Gasteiger partial charge in [-0.15, -0.1) is 8.67 Å². The number of rotatable bonds is 3. The molecule has 14 nitrogen and oxygen atoms in total. The first-order valence-electron chi connectivity index (χ1n) is 3.90. The van der Waals surface area contributed by atoms with Gasteiger partial charge in [-0.2, -0.15) is 0 Å². The summed E-state index contributed by atoms with van der Waals surface area (Å²) in [6, 6.07) is 0. The minimum atomic E-state index is -6.17. The van der Waals surface area contributed by atoms with Gasteiger partial charge in [0.25, 0.3) is 0 Å². The van der Waals surface area contributed by atoms with Crippen molar-refractivity contribution in [3.05, 3.63) is 0 Å². The van der Waals surface area contributed by atoms with Crippen molar-refractivity contribution in [3.8, 4) is 29.8 Å². The van der Waals surface area contributed by atoms with E-state index in [1.54, 1.807) is 0 Å². The summed E-state index contributed by atoms with van der Waals surface area (Å²) in [4.78, 5) is 6.19. The van der Waals surface area contributed by atoms with Crippen molar-refractivity contribution in [1.82, 2.24) is 0 Å². The van der Waals surface area contributed by atoms with Crippen LogP contribution < -0.4 is 177 Å². The van der Waals surface area contributed by atoms with Crippen LogP contribution in [0.1, 0.15) is 0 Å². The molecule has 0 aliphatic rings. The molecule has 0 saturated carbocycles. The Morgan fingerprint density at radius 2 is 0.667 bits per heavy atom. The Morgan fingerprint density at radius 1 is 0.533 bits per heavy atom. The first kappa shape index (κ1) is 59.4. The first-order chi connectivity index (χ1) is 10.2. The fourth-order valence-corrected chi connectivity index (χ4v) is 1.71. The van der Waals surface area contributed by atoms with Gasteiger partial charge < -0.3 is 9.11 Å². The van der Waals surface area contributed by atoms with Gasteiger partial charge in [-0.1, -0.05) is 0 Å². The molecule has 30 heavy (non-hydrogen) atoms. The van der Waals surface area contributed by atoms with Crippen molar-refractivity contribution < 1.29 is 223 Å². The number of hydrogen-bond acceptors (Lipinski definition) is 14. The molecule has 0 aromatic heterocycles. The normalized spacial score (nSPS) is 10.3. The van der Waals surface area contributed by atoms with E-state index in [1.165, 1.54) is 0 Å². The van der Waals surface area contributed by atoms with Crippen LogP contribution in [-0.2, 0) is 40.2 Å². The average molecular weight is 566 g/mol. The molecule has 0 bridgehead atoms. The standard InChI is InChI=1S/6CN.Fe.7Na.H2O8S2.H/c6*1-2;;;;;;;;;1-9(2,3)7-8-10(4,5)6;/h;;;;;;;;;;;;;;(H,1,2,3)(H,4,5,6);/q;;;;;;-4;;6*+1;;/p-2. The van der Waals surface area contributed by atoms with E-state index in [-0.39, 0.29) is 207 Å². The summed E-state index contributed by atoms with van der Waals surface area (Å²) in [5.74, 6) is 0. The fraction of sp³-hybridized carbons (Fsp3) is 0. The van der Waals surface area contributed by atoms with Gasteiger partial charge in [0.2, 0.25) is 20.8 Å². The second-order valence-corrected chi connectivity index (χ2v) is 10.3. The molecule has 0 N–H and O–H groups in total. The van der Waals surface area contributed by atoms with Crippen molar-refractivity contribution in [2.24, 2.45) is 0 Å². The summed E-state index contributed by atoms with van der Waals surface area (Å²) >= 11 is 0. The van der Waals surface area contributed by atoms with Crippen molar-refractivity contribution >= 4 is 50.4 Å². The van der Waals surface area contributed by atoms with E-state index in [1.807, 2.05) is 0 Å². The molecule has 0 saturated heterocycles. The maximum atomic E-state index is 9.37. The molecule has 130 valence electrons. The Kier molecular flexibility index (Phi) is 44.3. The predicted octanol–water partition coefficient (Wildman–Crippen LogP) is -20.7. The van der Waals surface area contributed by atoms with Gasteiger partial charge in [0, 0.05) is 0 Å². The predicted molar refractivity (Wildman–Crippen MR) is 62.4 cm³/mol. The van der Waals surface area contributed by atoms with E-state index in [9.17, 15) is 25.9 Å². The van der Waals surface area contributed by atoms with Gasteiger partial charge in [0.15, 0.2) is 0 Å². The van der Waals surface area contributed by atoms with Crippen LogP contribution in [0.15, 0.2) is 0 Å². The van der Waals surface area contributed by atoms with E-state index in [0.717, 1.165) is 29.8 Å². The Balaban J connectivity index is -0.0000000347. The van der Waals surface area contributed by atoms with Gasteiger partial charge in [-0.3, -0.25) is 0 Å². The minimum absolute atomic E-state index is 0. The molecule has 24 heteroatoms. The molecule has 0 amide bonds. The van der Waals surface area contributed by atoms with Crippen molar-refractivity contribution in [2.45, 2.75) is 0 Å².